The van der Waals surface area contributed by atoms with Crippen LogP contribution in [0.25, 0.3) is 0 Å². The molecule has 10 nitrogen and oxygen atoms in total. The number of nitro groups is 1. The maximum atomic E-state index is 11.6. The second kappa shape index (κ2) is 7.83. The van der Waals surface area contributed by atoms with Crippen molar-refractivity contribution in [3.8, 4) is 11.5 Å². The standard InChI is InChI=1S/C16H19N5O5/c1-2-20(5-6-22)16-14(21(23)24)15(17-10-18-16)19-11-3-4-12-13(9-11)26-8-7-25-12/h3-4,9-10,22H,2,5-8H2,1H3,(H,17,18,19). The number of hydrogen-bond acceptors (Lipinski definition) is 9. The minimum atomic E-state index is -0.532. The lowest BCUT2D eigenvalue weighted by Gasteiger charge is -2.21. The van der Waals surface area contributed by atoms with Crippen LogP contribution in [0.3, 0.4) is 0 Å². The zero-order valence-electron chi connectivity index (χ0n) is 14.2. The molecular formula is C16H19N5O5. The molecule has 0 saturated carbocycles. The van der Waals surface area contributed by atoms with E-state index in [0.29, 0.717) is 36.9 Å². The number of rotatable bonds is 7. The number of aliphatic hydroxyl groups is 1. The Labute approximate surface area is 149 Å². The third kappa shape index (κ3) is 3.59. The Hall–Kier alpha value is -3.14. The number of benzene rings is 1. The highest BCUT2D eigenvalue weighted by Crippen LogP contribution is 2.36. The van der Waals surface area contributed by atoms with Crippen LogP contribution in [0.15, 0.2) is 24.5 Å². The lowest BCUT2D eigenvalue weighted by molar-refractivity contribution is -0.383. The van der Waals surface area contributed by atoms with Crippen molar-refractivity contribution in [3.05, 3.63) is 34.6 Å². The van der Waals surface area contributed by atoms with Gasteiger partial charge in [0.05, 0.1) is 11.5 Å². The van der Waals surface area contributed by atoms with Crippen LogP contribution in [0.2, 0.25) is 0 Å². The Kier molecular flexibility index (Phi) is 5.32. The van der Waals surface area contributed by atoms with E-state index in [-0.39, 0.29) is 30.5 Å². The molecule has 26 heavy (non-hydrogen) atoms. The second-order valence-corrected chi connectivity index (χ2v) is 5.44. The minimum absolute atomic E-state index is 0.0630. The third-order valence-electron chi connectivity index (χ3n) is 3.84. The van der Waals surface area contributed by atoms with E-state index in [0.717, 1.165) is 0 Å². The molecule has 0 radical (unpaired) electrons. The van der Waals surface area contributed by atoms with Crippen LogP contribution >= 0.6 is 0 Å². The molecule has 0 amide bonds. The van der Waals surface area contributed by atoms with Gasteiger partial charge in [0.2, 0.25) is 11.6 Å². The predicted octanol–water partition coefficient (Wildman–Crippen LogP) is 1.72. The maximum absolute atomic E-state index is 11.6. The highest BCUT2D eigenvalue weighted by atomic mass is 16.6. The van der Waals surface area contributed by atoms with E-state index in [9.17, 15) is 15.2 Å². The molecule has 2 N–H and O–H groups in total. The summed E-state index contributed by atoms with van der Waals surface area (Å²) >= 11 is 0. The number of fused-ring (bicyclic) bond motifs is 1. The van der Waals surface area contributed by atoms with Gasteiger partial charge in [0.15, 0.2) is 11.5 Å². The second-order valence-electron chi connectivity index (χ2n) is 5.44. The van der Waals surface area contributed by atoms with Gasteiger partial charge < -0.3 is 24.8 Å². The van der Waals surface area contributed by atoms with Gasteiger partial charge in [0.1, 0.15) is 19.5 Å². The summed E-state index contributed by atoms with van der Waals surface area (Å²) in [5, 5.41) is 23.8. The van der Waals surface area contributed by atoms with Gasteiger partial charge in [-0.15, -0.1) is 0 Å². The third-order valence-corrected chi connectivity index (χ3v) is 3.84. The molecular weight excluding hydrogens is 342 g/mol. The van der Waals surface area contributed by atoms with E-state index in [1.54, 1.807) is 23.1 Å². The van der Waals surface area contributed by atoms with E-state index in [2.05, 4.69) is 15.3 Å². The molecule has 10 heteroatoms. The van der Waals surface area contributed by atoms with Crippen molar-refractivity contribution in [3.63, 3.8) is 0 Å². The van der Waals surface area contributed by atoms with Gasteiger partial charge in [-0.05, 0) is 19.1 Å². The number of likely N-dealkylation sites (N-methyl/N-ethyl adjacent to an activating group) is 1. The molecule has 1 aliphatic heterocycles. The summed E-state index contributed by atoms with van der Waals surface area (Å²) in [6.07, 6.45) is 1.25. The topological polar surface area (TPSA) is 123 Å². The summed E-state index contributed by atoms with van der Waals surface area (Å²) in [7, 11) is 0. The number of aliphatic hydroxyl groups excluding tert-OH is 1. The number of aromatic nitrogens is 2. The molecule has 0 atom stereocenters. The Bertz CT molecular complexity index is 801. The van der Waals surface area contributed by atoms with Crippen molar-refractivity contribution in [2.24, 2.45) is 0 Å². The van der Waals surface area contributed by atoms with Crippen LogP contribution < -0.4 is 19.7 Å². The van der Waals surface area contributed by atoms with Crippen molar-refractivity contribution < 1.29 is 19.5 Å². The van der Waals surface area contributed by atoms with Crippen LogP contribution in [0.4, 0.5) is 23.0 Å². The number of anilines is 3. The first-order chi connectivity index (χ1) is 12.6. The Balaban J connectivity index is 1.96. The van der Waals surface area contributed by atoms with Crippen LogP contribution in [-0.4, -0.2) is 52.9 Å². The summed E-state index contributed by atoms with van der Waals surface area (Å²) in [6, 6.07) is 5.16. The van der Waals surface area contributed by atoms with E-state index in [1.165, 1.54) is 6.33 Å². The van der Waals surface area contributed by atoms with Gasteiger partial charge in [-0.2, -0.15) is 0 Å². The Morgan fingerprint density at radius 1 is 1.31 bits per heavy atom. The molecule has 2 heterocycles. The maximum Gasteiger partial charge on any atom is 0.353 e. The Morgan fingerprint density at radius 2 is 2.08 bits per heavy atom. The number of hydrogen-bond donors (Lipinski definition) is 2. The number of nitrogens with zero attached hydrogens (tertiary/aromatic N) is 4. The first kappa shape index (κ1) is 17.7. The molecule has 0 saturated heterocycles. The zero-order valence-corrected chi connectivity index (χ0v) is 14.2. The lowest BCUT2D eigenvalue weighted by atomic mass is 10.2. The normalized spacial score (nSPS) is 12.5. The highest BCUT2D eigenvalue weighted by Gasteiger charge is 2.26. The summed E-state index contributed by atoms with van der Waals surface area (Å²) in [5.41, 5.74) is 0.324. The molecule has 1 aromatic carbocycles. The molecule has 0 unspecified atom stereocenters. The van der Waals surface area contributed by atoms with Crippen molar-refractivity contribution >= 4 is 23.0 Å². The fourth-order valence-corrected chi connectivity index (χ4v) is 2.65. The van der Waals surface area contributed by atoms with Gasteiger partial charge in [0.25, 0.3) is 0 Å². The minimum Gasteiger partial charge on any atom is -0.486 e. The predicted molar refractivity (Wildman–Crippen MR) is 94.4 cm³/mol. The van der Waals surface area contributed by atoms with E-state index in [4.69, 9.17) is 9.47 Å². The number of nitrogens with one attached hydrogen (secondary N) is 1. The molecule has 138 valence electrons. The van der Waals surface area contributed by atoms with Crippen molar-refractivity contribution in [1.29, 1.82) is 0 Å². The van der Waals surface area contributed by atoms with E-state index in [1.807, 2.05) is 6.92 Å². The quantitative estimate of drug-likeness (QED) is 0.560. The fraction of sp³-hybridized carbons (Fsp3) is 0.375. The van der Waals surface area contributed by atoms with Gasteiger partial charge >= 0.3 is 5.69 Å². The van der Waals surface area contributed by atoms with Crippen molar-refractivity contribution in [2.45, 2.75) is 6.92 Å². The Morgan fingerprint density at radius 3 is 2.77 bits per heavy atom. The van der Waals surface area contributed by atoms with Crippen LogP contribution in [0, 0.1) is 10.1 Å². The van der Waals surface area contributed by atoms with Crippen LogP contribution in [-0.2, 0) is 0 Å². The molecule has 0 aliphatic carbocycles. The molecule has 0 fully saturated rings. The monoisotopic (exact) mass is 361 g/mol. The van der Waals surface area contributed by atoms with Crippen LogP contribution in [0.1, 0.15) is 6.92 Å². The number of ether oxygens (including phenoxy) is 2. The van der Waals surface area contributed by atoms with Gasteiger partial charge in [-0.1, -0.05) is 0 Å². The summed E-state index contributed by atoms with van der Waals surface area (Å²) in [5.74, 6) is 1.41. The molecule has 1 aromatic heterocycles. The summed E-state index contributed by atoms with van der Waals surface area (Å²) in [6.45, 7) is 3.31. The molecule has 2 aromatic rings. The van der Waals surface area contributed by atoms with Crippen molar-refractivity contribution in [1.82, 2.24) is 9.97 Å². The largest absolute Gasteiger partial charge is 0.486 e. The molecule has 1 aliphatic rings. The van der Waals surface area contributed by atoms with Gasteiger partial charge in [-0.3, -0.25) is 10.1 Å². The van der Waals surface area contributed by atoms with E-state index < -0.39 is 4.92 Å². The smallest absolute Gasteiger partial charge is 0.353 e. The molecule has 0 bridgehead atoms. The zero-order chi connectivity index (χ0) is 18.5. The lowest BCUT2D eigenvalue weighted by Crippen LogP contribution is -2.28. The highest BCUT2D eigenvalue weighted by molar-refractivity contribution is 5.75. The SMILES string of the molecule is CCN(CCO)c1ncnc(Nc2ccc3c(c2)OCCO3)c1[N+](=O)[O-]. The molecule has 3 rings (SSSR count). The van der Waals surface area contributed by atoms with Crippen molar-refractivity contribution in [2.75, 3.05) is 43.1 Å². The average molecular weight is 361 g/mol. The van der Waals surface area contributed by atoms with Gasteiger partial charge in [0, 0.05) is 24.8 Å². The van der Waals surface area contributed by atoms with Gasteiger partial charge in [-0.25, -0.2) is 9.97 Å². The summed E-state index contributed by atoms with van der Waals surface area (Å²) < 4.78 is 11.0. The van der Waals surface area contributed by atoms with E-state index >= 15 is 0 Å². The summed E-state index contributed by atoms with van der Waals surface area (Å²) in [4.78, 5) is 20.8. The fourth-order valence-electron chi connectivity index (χ4n) is 2.65. The van der Waals surface area contributed by atoms with Crippen LogP contribution in [0.5, 0.6) is 11.5 Å². The molecule has 0 spiro atoms. The average Bonchev–Trinajstić information content (AvgIpc) is 2.65. The first-order valence-electron chi connectivity index (χ1n) is 8.16. The first-order valence-corrected chi connectivity index (χ1v) is 8.16.